The molecule has 1 fully saturated rings. The van der Waals surface area contributed by atoms with E-state index < -0.39 is 11.6 Å². The summed E-state index contributed by atoms with van der Waals surface area (Å²) in [5, 5.41) is 15.7. The van der Waals surface area contributed by atoms with E-state index in [4.69, 9.17) is 9.47 Å². The van der Waals surface area contributed by atoms with E-state index in [1.165, 1.54) is 30.6 Å². The van der Waals surface area contributed by atoms with Crippen molar-refractivity contribution >= 4 is 28.6 Å². The van der Waals surface area contributed by atoms with Gasteiger partial charge in [0.15, 0.2) is 11.6 Å². The smallest absolute Gasteiger partial charge is 0.260 e. The van der Waals surface area contributed by atoms with Crippen LogP contribution in [-0.2, 0) is 0 Å². The van der Waals surface area contributed by atoms with E-state index in [0.717, 1.165) is 11.8 Å². The molecule has 2 aromatic carbocycles. The molecule has 0 radical (unpaired) electrons. The molecule has 1 aliphatic heterocycles. The Kier molecular flexibility index (Phi) is 6.75. The molecule has 1 saturated heterocycles. The fourth-order valence-electron chi connectivity index (χ4n) is 3.74. The van der Waals surface area contributed by atoms with E-state index in [-0.39, 0.29) is 17.8 Å². The summed E-state index contributed by atoms with van der Waals surface area (Å²) < 4.78 is 38.0. The number of amides is 1. The molecule has 0 aliphatic carbocycles. The third-order valence-corrected chi connectivity index (χ3v) is 6.16. The summed E-state index contributed by atoms with van der Waals surface area (Å²) in [6, 6.07) is 10.5. The summed E-state index contributed by atoms with van der Waals surface area (Å²) in [6.45, 7) is 1.20. The molecule has 1 amide bonds. The number of nitrogens with one attached hydrogen (secondary N) is 1. The molecule has 0 saturated carbocycles. The lowest BCUT2D eigenvalue weighted by atomic mass is 10.1. The first-order valence-corrected chi connectivity index (χ1v) is 11.2. The van der Waals surface area contributed by atoms with Gasteiger partial charge in [0, 0.05) is 42.8 Å². The molecule has 0 unspecified atom stereocenters. The lowest BCUT2D eigenvalue weighted by Gasteiger charge is -2.34. The zero-order chi connectivity index (χ0) is 23.4. The Morgan fingerprint density at radius 2 is 1.94 bits per heavy atom. The Balaban J connectivity index is 1.48. The number of hydrogen-bond acceptors (Lipinski definition) is 6. The summed E-state index contributed by atoms with van der Waals surface area (Å²) in [5.74, 6) is -1.18. The molecule has 0 spiro atoms. The maximum Gasteiger partial charge on any atom is 0.260 e. The lowest BCUT2D eigenvalue weighted by Crippen LogP contribution is -2.38. The number of methoxy groups -OCH3 is 1. The second-order valence-corrected chi connectivity index (χ2v) is 8.27. The molecule has 6 nitrogen and oxygen atoms in total. The van der Waals surface area contributed by atoms with Crippen LogP contribution >= 0.6 is 11.3 Å². The highest BCUT2D eigenvalue weighted by molar-refractivity contribution is 7.08. The van der Waals surface area contributed by atoms with Gasteiger partial charge >= 0.3 is 0 Å². The number of halogens is 2. The van der Waals surface area contributed by atoms with Crippen LogP contribution in [0.5, 0.6) is 11.5 Å². The number of anilines is 2. The van der Waals surface area contributed by atoms with Crippen molar-refractivity contribution in [2.24, 2.45) is 0 Å². The number of nitriles is 1. The zero-order valence-corrected chi connectivity index (χ0v) is 18.6. The molecule has 170 valence electrons. The van der Waals surface area contributed by atoms with Gasteiger partial charge in [0.1, 0.15) is 17.7 Å². The first-order chi connectivity index (χ1) is 16.0. The zero-order valence-electron chi connectivity index (χ0n) is 17.8. The quantitative estimate of drug-likeness (QED) is 0.537. The van der Waals surface area contributed by atoms with E-state index in [9.17, 15) is 18.8 Å². The predicted octanol–water partition coefficient (Wildman–Crippen LogP) is 5.21. The van der Waals surface area contributed by atoms with Gasteiger partial charge in [0.25, 0.3) is 5.91 Å². The molecular weight excluding hydrogens is 448 g/mol. The van der Waals surface area contributed by atoms with Gasteiger partial charge in [0.05, 0.1) is 35.7 Å². The van der Waals surface area contributed by atoms with Crippen molar-refractivity contribution in [2.75, 3.05) is 30.4 Å². The summed E-state index contributed by atoms with van der Waals surface area (Å²) in [6.07, 6.45) is 1.01. The first-order valence-electron chi connectivity index (χ1n) is 10.3. The molecular formula is C24H21F2N3O3S. The maximum atomic E-state index is 13.9. The van der Waals surface area contributed by atoms with E-state index >= 15 is 0 Å². The average molecular weight is 470 g/mol. The van der Waals surface area contributed by atoms with Crippen molar-refractivity contribution < 1.29 is 23.0 Å². The van der Waals surface area contributed by atoms with Crippen LogP contribution in [0.25, 0.3) is 0 Å². The number of nitrogens with zero attached hydrogens (tertiary/aromatic N) is 2. The normalized spacial score (nSPS) is 13.9. The minimum atomic E-state index is -0.724. The van der Waals surface area contributed by atoms with Crippen molar-refractivity contribution in [2.45, 2.75) is 18.9 Å². The van der Waals surface area contributed by atoms with Gasteiger partial charge in [-0.05, 0) is 30.3 Å². The molecule has 1 N–H and O–H groups in total. The third kappa shape index (κ3) is 5.07. The van der Waals surface area contributed by atoms with E-state index in [1.807, 2.05) is 0 Å². The van der Waals surface area contributed by atoms with Crippen LogP contribution in [0.15, 0.2) is 47.2 Å². The Hall–Kier alpha value is -3.64. The Bertz CT molecular complexity index is 1200. The fraction of sp³-hybridized carbons (Fsp3) is 0.250. The highest BCUT2D eigenvalue weighted by Gasteiger charge is 2.24. The Morgan fingerprint density at radius 3 is 2.64 bits per heavy atom. The highest BCUT2D eigenvalue weighted by Crippen LogP contribution is 2.32. The van der Waals surface area contributed by atoms with Crippen LogP contribution in [0.3, 0.4) is 0 Å². The Labute approximate surface area is 194 Å². The van der Waals surface area contributed by atoms with Crippen LogP contribution in [0.2, 0.25) is 0 Å². The molecule has 3 aromatic rings. The summed E-state index contributed by atoms with van der Waals surface area (Å²) >= 11 is 1.36. The summed E-state index contributed by atoms with van der Waals surface area (Å²) in [4.78, 5) is 14.9. The van der Waals surface area contributed by atoms with Crippen LogP contribution in [0.4, 0.5) is 20.2 Å². The van der Waals surface area contributed by atoms with Gasteiger partial charge < -0.3 is 19.7 Å². The number of piperidine rings is 1. The van der Waals surface area contributed by atoms with Gasteiger partial charge in [-0.1, -0.05) is 0 Å². The summed E-state index contributed by atoms with van der Waals surface area (Å²) in [5.41, 5.74) is 2.15. The molecule has 0 bridgehead atoms. The van der Waals surface area contributed by atoms with Crippen molar-refractivity contribution in [3.63, 3.8) is 0 Å². The minimum absolute atomic E-state index is 0.0332. The molecule has 33 heavy (non-hydrogen) atoms. The first kappa shape index (κ1) is 22.6. The number of rotatable bonds is 6. The van der Waals surface area contributed by atoms with Crippen LogP contribution in [-0.4, -0.2) is 32.2 Å². The fourth-order valence-corrected chi connectivity index (χ4v) is 4.52. The van der Waals surface area contributed by atoms with Gasteiger partial charge in [-0.15, -0.1) is 11.3 Å². The molecule has 1 aliphatic rings. The van der Waals surface area contributed by atoms with E-state index in [2.05, 4.69) is 16.3 Å². The predicted molar refractivity (Wildman–Crippen MR) is 122 cm³/mol. The molecule has 1 aromatic heterocycles. The average Bonchev–Trinajstić information content (AvgIpc) is 3.31. The van der Waals surface area contributed by atoms with E-state index in [1.54, 1.807) is 29.0 Å². The molecule has 0 atom stereocenters. The summed E-state index contributed by atoms with van der Waals surface area (Å²) in [7, 11) is 1.50. The monoisotopic (exact) mass is 469 g/mol. The van der Waals surface area contributed by atoms with Crippen molar-refractivity contribution in [1.29, 1.82) is 5.26 Å². The number of hydrogen-bond donors (Lipinski definition) is 1. The third-order valence-electron chi connectivity index (χ3n) is 5.44. The number of carbonyl (C=O) groups excluding carboxylic acids is 1. The number of ether oxygens (including phenoxy) is 2. The van der Waals surface area contributed by atoms with Gasteiger partial charge in [-0.3, -0.25) is 4.79 Å². The van der Waals surface area contributed by atoms with Crippen molar-refractivity contribution in [3.8, 4) is 17.6 Å². The largest absolute Gasteiger partial charge is 0.495 e. The minimum Gasteiger partial charge on any atom is -0.495 e. The lowest BCUT2D eigenvalue weighted by molar-refractivity contribution is 0.102. The van der Waals surface area contributed by atoms with Crippen LogP contribution in [0, 0.1) is 23.0 Å². The SMILES string of the molecule is COc1cscc1C(=O)Nc1cc(C#N)ccc1N1CCC(Oc2ccc(F)cc2F)CC1. The van der Waals surface area contributed by atoms with Gasteiger partial charge in [-0.25, -0.2) is 8.78 Å². The topological polar surface area (TPSA) is 74.6 Å². The maximum absolute atomic E-state index is 13.9. The van der Waals surface area contributed by atoms with Gasteiger partial charge in [0.2, 0.25) is 0 Å². The second kappa shape index (κ2) is 9.88. The van der Waals surface area contributed by atoms with Crippen LogP contribution < -0.4 is 19.7 Å². The number of thiophene rings is 1. The van der Waals surface area contributed by atoms with Gasteiger partial charge in [-0.2, -0.15) is 5.26 Å². The second-order valence-electron chi connectivity index (χ2n) is 7.53. The standard InChI is InChI=1S/C24H21F2N3O3S/c1-31-23-14-33-13-18(23)24(30)28-20-10-15(12-27)2-4-21(20)29-8-6-17(7-9-29)32-22-5-3-16(25)11-19(22)26/h2-5,10-11,13-14,17H,6-9H2,1H3,(H,28,30). The number of benzene rings is 2. The molecule has 2 heterocycles. The van der Waals surface area contributed by atoms with E-state index in [0.29, 0.717) is 48.5 Å². The molecule has 9 heteroatoms. The molecule has 4 rings (SSSR count). The van der Waals surface area contributed by atoms with Crippen molar-refractivity contribution in [1.82, 2.24) is 0 Å². The highest BCUT2D eigenvalue weighted by atomic mass is 32.1. The Morgan fingerprint density at radius 1 is 1.15 bits per heavy atom. The number of carbonyl (C=O) groups is 1. The van der Waals surface area contributed by atoms with Crippen LogP contribution in [0.1, 0.15) is 28.8 Å². The van der Waals surface area contributed by atoms with Crippen molar-refractivity contribution in [3.05, 3.63) is 69.9 Å².